The van der Waals surface area contributed by atoms with Crippen molar-refractivity contribution >= 4 is 28.9 Å². The number of fused-ring (bicyclic) bond motifs is 3. The van der Waals surface area contributed by atoms with Crippen LogP contribution in [0.1, 0.15) is 24.1 Å². The van der Waals surface area contributed by atoms with Gasteiger partial charge in [0.2, 0.25) is 11.9 Å². The third-order valence-corrected chi connectivity index (χ3v) is 6.39. The first-order valence-electron chi connectivity index (χ1n) is 11.7. The number of para-hydroxylation sites is 2. The molecule has 0 radical (unpaired) electrons. The zero-order valence-electron chi connectivity index (χ0n) is 19.8. The smallest absolute Gasteiger partial charge is 0.321 e. The Bertz CT molecular complexity index is 1370. The van der Waals surface area contributed by atoms with E-state index in [0.717, 1.165) is 22.2 Å². The van der Waals surface area contributed by atoms with Crippen LogP contribution in [0.3, 0.4) is 0 Å². The van der Waals surface area contributed by atoms with Gasteiger partial charge in [0.1, 0.15) is 5.75 Å². The molecule has 4 aromatic rings. The van der Waals surface area contributed by atoms with Gasteiger partial charge in [0.25, 0.3) is 0 Å². The fraction of sp³-hybridized carbons (Fsp3) is 0.250. The maximum Gasteiger partial charge on any atom is 0.321 e. The van der Waals surface area contributed by atoms with Gasteiger partial charge in [-0.25, -0.2) is 4.98 Å². The second-order valence-corrected chi connectivity index (χ2v) is 8.45. The third kappa shape index (κ3) is 4.14. The predicted molar refractivity (Wildman–Crippen MR) is 133 cm³/mol. The maximum absolute atomic E-state index is 14.0. The molecule has 0 aliphatic carbocycles. The molecule has 1 aliphatic rings. The molecule has 0 fully saturated rings. The Hall–Kier alpha value is -4.13. The van der Waals surface area contributed by atoms with Gasteiger partial charge in [-0.1, -0.05) is 54.6 Å². The number of aromatic nitrogens is 2. The average molecular weight is 470 g/mol. The lowest BCUT2D eigenvalue weighted by Gasteiger charge is -2.38. The van der Waals surface area contributed by atoms with Crippen LogP contribution in [0, 0.1) is 5.92 Å². The molecule has 0 spiro atoms. The zero-order valence-corrected chi connectivity index (χ0v) is 19.8. The molecule has 7 heteroatoms. The Morgan fingerprint density at radius 2 is 1.77 bits per heavy atom. The lowest BCUT2D eigenvalue weighted by atomic mass is 9.89. The number of esters is 1. The quantitative estimate of drug-likeness (QED) is 0.296. The highest BCUT2D eigenvalue weighted by atomic mass is 16.5. The van der Waals surface area contributed by atoms with Crippen LogP contribution in [0.5, 0.6) is 5.75 Å². The number of carbonyl (C=O) groups excluding carboxylic acids is 2. The third-order valence-electron chi connectivity index (χ3n) is 6.39. The molecule has 2 heterocycles. The van der Waals surface area contributed by atoms with Crippen molar-refractivity contribution in [2.75, 3.05) is 25.2 Å². The van der Waals surface area contributed by atoms with E-state index in [-0.39, 0.29) is 12.5 Å². The molecule has 35 heavy (non-hydrogen) atoms. The zero-order chi connectivity index (χ0) is 24.4. The summed E-state index contributed by atoms with van der Waals surface area (Å²) < 4.78 is 12.9. The molecule has 2 atom stereocenters. The first kappa shape index (κ1) is 22.7. The molecular weight excluding hydrogens is 442 g/mol. The minimum absolute atomic E-state index is 0.189. The summed E-state index contributed by atoms with van der Waals surface area (Å²) in [5.41, 5.74) is 3.49. The molecule has 0 saturated carbocycles. The maximum atomic E-state index is 14.0. The lowest BCUT2D eigenvalue weighted by molar-refractivity contribution is -0.153. The van der Waals surface area contributed by atoms with Crippen LogP contribution in [0.2, 0.25) is 0 Å². The summed E-state index contributed by atoms with van der Waals surface area (Å²) in [6, 6.07) is 24.6. The van der Waals surface area contributed by atoms with Crippen LogP contribution in [0.25, 0.3) is 11.0 Å². The van der Waals surface area contributed by atoms with Crippen LogP contribution in [0.15, 0.2) is 78.9 Å². The Morgan fingerprint density at radius 3 is 2.54 bits per heavy atom. The lowest BCUT2D eigenvalue weighted by Crippen LogP contribution is -2.50. The fourth-order valence-electron chi connectivity index (χ4n) is 4.77. The van der Waals surface area contributed by atoms with Gasteiger partial charge in [0.05, 0.1) is 30.8 Å². The summed E-state index contributed by atoms with van der Waals surface area (Å²) in [5, 5.41) is 0. The van der Waals surface area contributed by atoms with Gasteiger partial charge in [0.15, 0.2) is 5.92 Å². The molecule has 1 amide bonds. The monoisotopic (exact) mass is 469 g/mol. The van der Waals surface area contributed by atoms with Gasteiger partial charge in [0, 0.05) is 6.54 Å². The van der Waals surface area contributed by atoms with Crippen LogP contribution < -0.4 is 9.64 Å². The van der Waals surface area contributed by atoms with E-state index in [0.29, 0.717) is 24.7 Å². The summed E-state index contributed by atoms with van der Waals surface area (Å²) in [6.45, 7) is 2.33. The Balaban J connectivity index is 1.69. The van der Waals surface area contributed by atoms with Gasteiger partial charge in [-0.05, 0) is 48.7 Å². The number of nitrogens with zero attached hydrogens (tertiary/aromatic N) is 3. The number of rotatable bonds is 7. The topological polar surface area (TPSA) is 73.7 Å². The van der Waals surface area contributed by atoms with E-state index in [1.807, 2.05) is 83.4 Å². The number of methoxy groups -OCH3 is 1. The van der Waals surface area contributed by atoms with Crippen molar-refractivity contribution in [2.24, 2.45) is 5.92 Å². The minimum atomic E-state index is -1.05. The average Bonchev–Trinajstić information content (AvgIpc) is 3.27. The summed E-state index contributed by atoms with van der Waals surface area (Å²) in [5.74, 6) is -0.730. The summed E-state index contributed by atoms with van der Waals surface area (Å²) >= 11 is 0. The summed E-state index contributed by atoms with van der Waals surface area (Å²) in [6.07, 6.45) is 0.634. The molecule has 1 aliphatic heterocycles. The van der Waals surface area contributed by atoms with E-state index in [1.165, 1.54) is 0 Å². The number of hydrogen-bond donors (Lipinski definition) is 0. The number of imidazole rings is 1. The van der Waals surface area contributed by atoms with Gasteiger partial charge in [-0.15, -0.1) is 0 Å². The van der Waals surface area contributed by atoms with E-state index < -0.39 is 17.9 Å². The number of hydrogen-bond acceptors (Lipinski definition) is 5. The number of amides is 1. The highest BCUT2D eigenvalue weighted by molar-refractivity contribution is 6.08. The van der Waals surface area contributed by atoms with Gasteiger partial charge in [-0.3, -0.25) is 14.5 Å². The van der Waals surface area contributed by atoms with Gasteiger partial charge < -0.3 is 14.0 Å². The second kappa shape index (κ2) is 9.62. The van der Waals surface area contributed by atoms with Crippen LogP contribution >= 0.6 is 0 Å². The largest absolute Gasteiger partial charge is 0.497 e. The SMILES string of the molecule is CCOC(=O)[C@H]1C(=O)N(CCc2ccccc2)c2nc3ccccc3n2[C@@H]1c1cccc(OC)c1. The second-order valence-electron chi connectivity index (χ2n) is 8.45. The normalized spacial score (nSPS) is 17.3. The molecule has 0 saturated heterocycles. The highest BCUT2D eigenvalue weighted by Crippen LogP contribution is 2.42. The number of carbonyl (C=O) groups is 2. The number of benzene rings is 3. The van der Waals surface area contributed by atoms with Crippen molar-refractivity contribution in [3.05, 3.63) is 90.0 Å². The molecule has 0 N–H and O–H groups in total. The molecule has 5 rings (SSSR count). The fourth-order valence-corrected chi connectivity index (χ4v) is 4.77. The van der Waals surface area contributed by atoms with E-state index in [9.17, 15) is 9.59 Å². The molecule has 178 valence electrons. The highest BCUT2D eigenvalue weighted by Gasteiger charge is 2.47. The molecule has 0 unspecified atom stereocenters. The van der Waals surface area contributed by atoms with E-state index >= 15 is 0 Å². The number of anilines is 1. The Kier molecular flexibility index (Phi) is 6.23. The van der Waals surface area contributed by atoms with Crippen molar-refractivity contribution in [2.45, 2.75) is 19.4 Å². The molecular formula is C28H27N3O4. The van der Waals surface area contributed by atoms with E-state index in [1.54, 1.807) is 18.9 Å². The van der Waals surface area contributed by atoms with Gasteiger partial charge in [-0.2, -0.15) is 0 Å². The van der Waals surface area contributed by atoms with Crippen molar-refractivity contribution in [1.82, 2.24) is 9.55 Å². The van der Waals surface area contributed by atoms with Crippen molar-refractivity contribution < 1.29 is 19.1 Å². The molecule has 7 nitrogen and oxygen atoms in total. The predicted octanol–water partition coefficient (Wildman–Crippen LogP) is 4.40. The van der Waals surface area contributed by atoms with Crippen LogP contribution in [0.4, 0.5) is 5.95 Å². The standard InChI is InChI=1S/C28H27N3O4/c1-3-35-27(33)24-25(20-12-9-13-21(18-20)34-2)31-23-15-8-7-14-22(23)29-28(31)30(26(24)32)17-16-19-10-5-4-6-11-19/h4-15,18,24-25H,3,16-17H2,1-2H3/t24-,25-/m1/s1. The first-order valence-corrected chi connectivity index (χ1v) is 11.7. The van der Waals surface area contributed by atoms with Crippen molar-refractivity contribution in [3.63, 3.8) is 0 Å². The van der Waals surface area contributed by atoms with E-state index in [4.69, 9.17) is 14.5 Å². The molecule has 3 aromatic carbocycles. The summed E-state index contributed by atoms with van der Waals surface area (Å²) in [4.78, 5) is 33.8. The number of ether oxygens (including phenoxy) is 2. The Morgan fingerprint density at radius 1 is 1.00 bits per heavy atom. The molecule has 1 aromatic heterocycles. The van der Waals surface area contributed by atoms with Crippen LogP contribution in [-0.2, 0) is 20.7 Å². The van der Waals surface area contributed by atoms with Gasteiger partial charge >= 0.3 is 5.97 Å². The first-order chi connectivity index (χ1) is 17.1. The Labute approximate surface area is 203 Å². The van der Waals surface area contributed by atoms with Crippen molar-refractivity contribution in [3.8, 4) is 5.75 Å². The van der Waals surface area contributed by atoms with E-state index in [2.05, 4.69) is 0 Å². The molecule has 0 bridgehead atoms. The summed E-state index contributed by atoms with van der Waals surface area (Å²) in [7, 11) is 1.59. The minimum Gasteiger partial charge on any atom is -0.497 e. The van der Waals surface area contributed by atoms with Crippen LogP contribution in [-0.4, -0.2) is 41.7 Å². The van der Waals surface area contributed by atoms with Crippen molar-refractivity contribution in [1.29, 1.82) is 0 Å².